The minimum absolute atomic E-state index is 0.238. The zero-order valence-corrected chi connectivity index (χ0v) is 10.7. The number of hydrogen-bond acceptors (Lipinski definition) is 4. The smallest absolute Gasteiger partial charge is 0.303 e. The Morgan fingerprint density at radius 2 is 2.25 bits per heavy atom. The van der Waals surface area contributed by atoms with Crippen molar-refractivity contribution in [2.24, 2.45) is 0 Å². The lowest BCUT2D eigenvalue weighted by Crippen LogP contribution is -2.15. The lowest BCUT2D eigenvalue weighted by molar-refractivity contribution is -0.137. The molecule has 16 heavy (non-hydrogen) atoms. The fourth-order valence-corrected chi connectivity index (χ4v) is 2.30. The molecule has 0 radical (unpaired) electrons. The Hall–Kier alpha value is -1.10. The van der Waals surface area contributed by atoms with E-state index in [1.807, 2.05) is 20.8 Å². The maximum absolute atomic E-state index is 10.4. The molecule has 90 valence electrons. The molecule has 5 heteroatoms. The molecule has 0 fully saturated rings. The minimum atomic E-state index is -0.729. The molecule has 2 N–H and O–H groups in total. The van der Waals surface area contributed by atoms with Gasteiger partial charge in [0.05, 0.1) is 5.69 Å². The van der Waals surface area contributed by atoms with Crippen LogP contribution in [0.5, 0.6) is 0 Å². The van der Waals surface area contributed by atoms with Crippen LogP contribution in [0.25, 0.3) is 0 Å². The number of aliphatic carboxylic acids is 1. The second-order valence-corrected chi connectivity index (χ2v) is 5.20. The SMILES string of the molecule is Cc1nc(NC(C)CCCC(=O)O)sc1C. The number of thiazole rings is 1. The Bertz CT molecular complexity index is 343. The van der Waals surface area contributed by atoms with Crippen LogP contribution in [0, 0.1) is 13.8 Å². The molecule has 4 nitrogen and oxygen atoms in total. The summed E-state index contributed by atoms with van der Waals surface area (Å²) in [6.07, 6.45) is 1.79. The van der Waals surface area contributed by atoms with Crippen molar-refractivity contribution in [3.63, 3.8) is 0 Å². The van der Waals surface area contributed by atoms with Gasteiger partial charge in [-0.05, 0) is 33.6 Å². The summed E-state index contributed by atoms with van der Waals surface area (Å²) >= 11 is 1.64. The molecule has 0 aliphatic heterocycles. The van der Waals surface area contributed by atoms with Gasteiger partial charge in [-0.1, -0.05) is 0 Å². The molecular formula is C11H18N2O2S. The van der Waals surface area contributed by atoms with Crippen LogP contribution in [-0.4, -0.2) is 22.1 Å². The van der Waals surface area contributed by atoms with Gasteiger partial charge in [-0.25, -0.2) is 4.98 Å². The molecule has 1 aromatic rings. The predicted molar refractivity (Wildman–Crippen MR) is 66.2 cm³/mol. The number of anilines is 1. The first-order chi connectivity index (χ1) is 7.49. The summed E-state index contributed by atoms with van der Waals surface area (Å²) < 4.78 is 0. The van der Waals surface area contributed by atoms with E-state index in [4.69, 9.17) is 5.11 Å². The first-order valence-corrected chi connectivity index (χ1v) is 6.23. The van der Waals surface area contributed by atoms with E-state index in [-0.39, 0.29) is 12.5 Å². The number of carboxylic acid groups (broad SMARTS) is 1. The molecule has 0 saturated carbocycles. The van der Waals surface area contributed by atoms with Gasteiger partial charge in [-0.2, -0.15) is 0 Å². The molecule has 0 aliphatic carbocycles. The topological polar surface area (TPSA) is 62.2 Å². The third kappa shape index (κ3) is 4.18. The summed E-state index contributed by atoms with van der Waals surface area (Å²) in [4.78, 5) is 16.0. The average Bonchev–Trinajstić information content (AvgIpc) is 2.44. The van der Waals surface area contributed by atoms with E-state index in [1.54, 1.807) is 11.3 Å². The van der Waals surface area contributed by atoms with Gasteiger partial charge in [-0.15, -0.1) is 11.3 Å². The van der Waals surface area contributed by atoms with Crippen LogP contribution >= 0.6 is 11.3 Å². The first kappa shape index (κ1) is 13.0. The van der Waals surface area contributed by atoms with Crippen molar-refractivity contribution in [1.82, 2.24) is 4.98 Å². The summed E-state index contributed by atoms with van der Waals surface area (Å²) in [7, 11) is 0. The molecule has 0 saturated heterocycles. The van der Waals surface area contributed by atoms with Crippen molar-refractivity contribution in [3.05, 3.63) is 10.6 Å². The van der Waals surface area contributed by atoms with E-state index >= 15 is 0 Å². The van der Waals surface area contributed by atoms with E-state index < -0.39 is 5.97 Å². The monoisotopic (exact) mass is 242 g/mol. The van der Waals surface area contributed by atoms with Crippen molar-refractivity contribution < 1.29 is 9.90 Å². The van der Waals surface area contributed by atoms with Gasteiger partial charge in [0.15, 0.2) is 5.13 Å². The van der Waals surface area contributed by atoms with Gasteiger partial charge in [0, 0.05) is 17.3 Å². The summed E-state index contributed by atoms with van der Waals surface area (Å²) in [5.74, 6) is -0.729. The van der Waals surface area contributed by atoms with Crippen molar-refractivity contribution in [2.45, 2.75) is 46.1 Å². The van der Waals surface area contributed by atoms with Crippen LogP contribution in [0.3, 0.4) is 0 Å². The van der Waals surface area contributed by atoms with Gasteiger partial charge in [0.25, 0.3) is 0 Å². The van der Waals surface area contributed by atoms with E-state index in [9.17, 15) is 4.79 Å². The molecule has 1 unspecified atom stereocenters. The third-order valence-electron chi connectivity index (χ3n) is 2.43. The van der Waals surface area contributed by atoms with E-state index in [0.29, 0.717) is 6.42 Å². The summed E-state index contributed by atoms with van der Waals surface area (Å²) in [6.45, 7) is 6.09. The second-order valence-electron chi connectivity index (χ2n) is 3.99. The fraction of sp³-hybridized carbons (Fsp3) is 0.636. The van der Waals surface area contributed by atoms with Crippen molar-refractivity contribution >= 4 is 22.4 Å². The van der Waals surface area contributed by atoms with Crippen LogP contribution in [0.15, 0.2) is 0 Å². The Labute approximate surface area is 99.7 Å². The first-order valence-electron chi connectivity index (χ1n) is 5.41. The van der Waals surface area contributed by atoms with Gasteiger partial charge >= 0.3 is 5.97 Å². The summed E-state index contributed by atoms with van der Waals surface area (Å²) in [5.41, 5.74) is 1.06. The average molecular weight is 242 g/mol. The molecule has 0 amide bonds. The number of carboxylic acids is 1. The lowest BCUT2D eigenvalue weighted by Gasteiger charge is -2.11. The third-order valence-corrected chi connectivity index (χ3v) is 3.43. The number of aromatic nitrogens is 1. The highest BCUT2D eigenvalue weighted by Crippen LogP contribution is 2.22. The highest BCUT2D eigenvalue weighted by Gasteiger charge is 2.07. The Morgan fingerprint density at radius 3 is 2.75 bits per heavy atom. The Balaban J connectivity index is 2.33. The molecule has 0 aromatic carbocycles. The van der Waals surface area contributed by atoms with Gasteiger partial charge in [-0.3, -0.25) is 4.79 Å². The zero-order valence-electron chi connectivity index (χ0n) is 9.91. The van der Waals surface area contributed by atoms with Crippen LogP contribution in [0.1, 0.15) is 36.8 Å². The van der Waals surface area contributed by atoms with Crippen LogP contribution in [-0.2, 0) is 4.79 Å². The largest absolute Gasteiger partial charge is 0.481 e. The zero-order chi connectivity index (χ0) is 12.1. The number of carbonyl (C=O) groups is 1. The Morgan fingerprint density at radius 1 is 1.56 bits per heavy atom. The van der Waals surface area contributed by atoms with Gasteiger partial charge in [0.1, 0.15) is 0 Å². The van der Waals surface area contributed by atoms with E-state index in [2.05, 4.69) is 10.3 Å². The van der Waals surface area contributed by atoms with Gasteiger partial charge < -0.3 is 10.4 Å². The fourth-order valence-electron chi connectivity index (χ4n) is 1.38. The maximum atomic E-state index is 10.4. The van der Waals surface area contributed by atoms with Crippen molar-refractivity contribution in [2.75, 3.05) is 5.32 Å². The molecular weight excluding hydrogens is 224 g/mol. The maximum Gasteiger partial charge on any atom is 0.303 e. The number of rotatable bonds is 6. The lowest BCUT2D eigenvalue weighted by atomic mass is 10.1. The molecule has 0 bridgehead atoms. The second kappa shape index (κ2) is 5.84. The standard InChI is InChI=1S/C11H18N2O2S/c1-7(5-4-6-10(14)15)12-11-13-8(2)9(3)16-11/h7H,4-6H2,1-3H3,(H,12,13)(H,14,15). The molecule has 0 aliphatic rings. The number of hydrogen-bond donors (Lipinski definition) is 2. The summed E-state index contributed by atoms with van der Waals surface area (Å²) in [5, 5.41) is 12.7. The molecule has 0 spiro atoms. The number of nitrogens with one attached hydrogen (secondary N) is 1. The molecule has 1 rings (SSSR count). The van der Waals surface area contributed by atoms with Crippen molar-refractivity contribution in [3.8, 4) is 0 Å². The normalized spacial score (nSPS) is 12.4. The number of nitrogens with zero attached hydrogens (tertiary/aromatic N) is 1. The Kier molecular flexibility index (Phi) is 4.73. The quantitative estimate of drug-likeness (QED) is 0.805. The van der Waals surface area contributed by atoms with E-state index in [1.165, 1.54) is 4.88 Å². The predicted octanol–water partition coefficient (Wildman–Crippen LogP) is 2.82. The summed E-state index contributed by atoms with van der Waals surface area (Å²) in [6, 6.07) is 0.268. The minimum Gasteiger partial charge on any atom is -0.481 e. The highest BCUT2D eigenvalue weighted by atomic mass is 32.1. The molecule has 1 aromatic heterocycles. The number of aryl methyl sites for hydroxylation is 2. The van der Waals surface area contributed by atoms with Crippen molar-refractivity contribution in [1.29, 1.82) is 0 Å². The van der Waals surface area contributed by atoms with Crippen LogP contribution < -0.4 is 5.32 Å². The van der Waals surface area contributed by atoms with Crippen LogP contribution in [0.4, 0.5) is 5.13 Å². The molecule has 1 heterocycles. The van der Waals surface area contributed by atoms with E-state index in [0.717, 1.165) is 17.2 Å². The van der Waals surface area contributed by atoms with Crippen LogP contribution in [0.2, 0.25) is 0 Å². The highest BCUT2D eigenvalue weighted by molar-refractivity contribution is 7.15. The van der Waals surface area contributed by atoms with Gasteiger partial charge in [0.2, 0.25) is 0 Å². The molecule has 1 atom stereocenters.